The Hall–Kier alpha value is -2.53. The summed E-state index contributed by atoms with van der Waals surface area (Å²) in [5.74, 6) is 0.667. The van der Waals surface area contributed by atoms with E-state index in [0.29, 0.717) is 23.7 Å². The normalized spacial score (nSPS) is 11.7. The van der Waals surface area contributed by atoms with Crippen molar-refractivity contribution in [3.8, 4) is 11.5 Å². The van der Waals surface area contributed by atoms with E-state index in [4.69, 9.17) is 20.9 Å². The highest BCUT2D eigenvalue weighted by molar-refractivity contribution is 5.75. The molecule has 2 aromatic rings. The number of primary amides is 1. The second-order valence-electron chi connectivity index (χ2n) is 4.93. The van der Waals surface area contributed by atoms with E-state index in [2.05, 4.69) is 0 Å². The Morgan fingerprint density at radius 2 is 1.86 bits per heavy atom. The van der Waals surface area contributed by atoms with Gasteiger partial charge in [-0.3, -0.25) is 4.79 Å². The Morgan fingerprint density at radius 1 is 1.14 bits per heavy atom. The van der Waals surface area contributed by atoms with Crippen LogP contribution in [0.4, 0.5) is 0 Å². The average Bonchev–Trinajstić information content (AvgIpc) is 2.52. The molecule has 0 saturated heterocycles. The maximum atomic E-state index is 11.1. The predicted molar refractivity (Wildman–Crippen MR) is 84.5 cm³/mol. The molecule has 0 saturated carbocycles. The van der Waals surface area contributed by atoms with Gasteiger partial charge in [-0.15, -0.1) is 0 Å². The van der Waals surface area contributed by atoms with Crippen LogP contribution < -0.4 is 20.9 Å². The van der Waals surface area contributed by atoms with Crippen LogP contribution in [0.3, 0.4) is 0 Å². The van der Waals surface area contributed by atoms with Crippen LogP contribution in [0.5, 0.6) is 11.5 Å². The SMILES string of the molecule is COc1cccc(C(N)CC(N)=O)c1OCc1ccccc1. The Kier molecular flexibility index (Phi) is 5.38. The molecule has 1 unspecified atom stereocenters. The first-order chi connectivity index (χ1) is 10.6. The van der Waals surface area contributed by atoms with Crippen molar-refractivity contribution in [2.24, 2.45) is 11.5 Å². The molecule has 5 heteroatoms. The van der Waals surface area contributed by atoms with E-state index in [9.17, 15) is 4.79 Å². The van der Waals surface area contributed by atoms with E-state index >= 15 is 0 Å². The number of nitrogens with two attached hydrogens (primary N) is 2. The Morgan fingerprint density at radius 3 is 2.50 bits per heavy atom. The summed E-state index contributed by atoms with van der Waals surface area (Å²) in [6.07, 6.45) is 0.0505. The summed E-state index contributed by atoms with van der Waals surface area (Å²) in [7, 11) is 1.56. The van der Waals surface area contributed by atoms with E-state index in [1.165, 1.54) is 0 Å². The second kappa shape index (κ2) is 7.47. The molecule has 4 N–H and O–H groups in total. The molecule has 0 aliphatic rings. The minimum absolute atomic E-state index is 0.0505. The van der Waals surface area contributed by atoms with E-state index < -0.39 is 11.9 Å². The predicted octanol–water partition coefficient (Wildman–Crippen LogP) is 2.15. The number of hydrogen-bond acceptors (Lipinski definition) is 4. The summed E-state index contributed by atoms with van der Waals surface area (Å²) in [6.45, 7) is 0.386. The number of carbonyl (C=O) groups excluding carboxylic acids is 1. The van der Waals surface area contributed by atoms with E-state index in [-0.39, 0.29) is 6.42 Å². The molecule has 0 aliphatic heterocycles. The second-order valence-corrected chi connectivity index (χ2v) is 4.93. The van der Waals surface area contributed by atoms with Crippen molar-refractivity contribution in [1.82, 2.24) is 0 Å². The molecule has 0 aliphatic carbocycles. The van der Waals surface area contributed by atoms with Gasteiger partial charge in [-0.25, -0.2) is 0 Å². The van der Waals surface area contributed by atoms with Gasteiger partial charge >= 0.3 is 0 Å². The van der Waals surface area contributed by atoms with Crippen LogP contribution in [0, 0.1) is 0 Å². The number of carbonyl (C=O) groups is 1. The molecular weight excluding hydrogens is 280 g/mol. The van der Waals surface area contributed by atoms with E-state index in [0.717, 1.165) is 5.56 Å². The molecule has 2 rings (SSSR count). The van der Waals surface area contributed by atoms with E-state index in [1.807, 2.05) is 42.5 Å². The molecule has 0 radical (unpaired) electrons. The summed E-state index contributed by atoms with van der Waals surface area (Å²) in [5.41, 5.74) is 13.0. The first-order valence-corrected chi connectivity index (χ1v) is 6.99. The lowest BCUT2D eigenvalue weighted by atomic mass is 10.0. The number of benzene rings is 2. The Balaban J connectivity index is 2.25. The van der Waals surface area contributed by atoms with Gasteiger partial charge in [0.1, 0.15) is 6.61 Å². The fraction of sp³-hybridized carbons (Fsp3) is 0.235. The lowest BCUT2D eigenvalue weighted by Gasteiger charge is -2.18. The van der Waals surface area contributed by atoms with Crippen LogP contribution in [-0.2, 0) is 11.4 Å². The monoisotopic (exact) mass is 300 g/mol. The van der Waals surface area contributed by atoms with Crippen molar-refractivity contribution in [3.63, 3.8) is 0 Å². The first-order valence-electron chi connectivity index (χ1n) is 6.99. The molecule has 0 heterocycles. The van der Waals surface area contributed by atoms with Crippen LogP contribution in [0.25, 0.3) is 0 Å². The van der Waals surface area contributed by atoms with Crippen LogP contribution in [0.15, 0.2) is 48.5 Å². The fourth-order valence-electron chi connectivity index (χ4n) is 2.20. The van der Waals surface area contributed by atoms with E-state index in [1.54, 1.807) is 13.2 Å². The van der Waals surface area contributed by atoms with Crippen molar-refractivity contribution in [2.45, 2.75) is 19.1 Å². The summed E-state index contributed by atoms with van der Waals surface area (Å²) >= 11 is 0. The molecule has 116 valence electrons. The first kappa shape index (κ1) is 15.9. The molecule has 2 aromatic carbocycles. The van der Waals surface area contributed by atoms with Gasteiger partial charge in [0, 0.05) is 18.0 Å². The largest absolute Gasteiger partial charge is 0.493 e. The third kappa shape index (κ3) is 3.99. The molecule has 0 aromatic heterocycles. The zero-order valence-electron chi connectivity index (χ0n) is 12.5. The number of hydrogen-bond donors (Lipinski definition) is 2. The standard InChI is InChI=1S/C17H20N2O3/c1-21-15-9-5-8-13(14(18)10-16(19)20)17(15)22-11-12-6-3-2-4-7-12/h2-9,14H,10-11,18H2,1H3,(H2,19,20). The number of ether oxygens (including phenoxy) is 2. The molecule has 1 atom stereocenters. The minimum atomic E-state index is -0.529. The van der Waals surface area contributed by atoms with Crippen molar-refractivity contribution in [3.05, 3.63) is 59.7 Å². The molecule has 0 spiro atoms. The van der Waals surface area contributed by atoms with Crippen molar-refractivity contribution in [1.29, 1.82) is 0 Å². The highest BCUT2D eigenvalue weighted by Crippen LogP contribution is 2.35. The zero-order valence-corrected chi connectivity index (χ0v) is 12.5. The van der Waals surface area contributed by atoms with Gasteiger partial charge in [0.25, 0.3) is 0 Å². The van der Waals surface area contributed by atoms with Gasteiger partial charge in [-0.05, 0) is 11.6 Å². The number of rotatable bonds is 7. The smallest absolute Gasteiger partial charge is 0.219 e. The molecule has 1 amide bonds. The van der Waals surface area contributed by atoms with Crippen molar-refractivity contribution in [2.75, 3.05) is 7.11 Å². The zero-order chi connectivity index (χ0) is 15.9. The third-order valence-corrected chi connectivity index (χ3v) is 3.28. The van der Waals surface area contributed by atoms with Gasteiger partial charge in [-0.1, -0.05) is 42.5 Å². The Bertz CT molecular complexity index is 629. The molecule has 0 fully saturated rings. The summed E-state index contributed by atoms with van der Waals surface area (Å²) in [6, 6.07) is 14.7. The highest BCUT2D eigenvalue weighted by Gasteiger charge is 2.18. The molecule has 5 nitrogen and oxygen atoms in total. The van der Waals surface area contributed by atoms with Crippen LogP contribution in [-0.4, -0.2) is 13.0 Å². The summed E-state index contributed by atoms with van der Waals surface area (Å²) < 4.78 is 11.2. The topological polar surface area (TPSA) is 87.6 Å². The van der Waals surface area contributed by atoms with Gasteiger partial charge < -0.3 is 20.9 Å². The minimum Gasteiger partial charge on any atom is -0.493 e. The number of para-hydroxylation sites is 1. The van der Waals surface area contributed by atoms with Crippen molar-refractivity contribution < 1.29 is 14.3 Å². The van der Waals surface area contributed by atoms with Crippen LogP contribution in [0.2, 0.25) is 0 Å². The van der Waals surface area contributed by atoms with Crippen LogP contribution in [0.1, 0.15) is 23.6 Å². The highest BCUT2D eigenvalue weighted by atomic mass is 16.5. The average molecular weight is 300 g/mol. The molecular formula is C17H20N2O3. The lowest BCUT2D eigenvalue weighted by molar-refractivity contribution is -0.118. The van der Waals surface area contributed by atoms with Crippen molar-refractivity contribution >= 4 is 5.91 Å². The van der Waals surface area contributed by atoms with Gasteiger partial charge in [-0.2, -0.15) is 0 Å². The van der Waals surface area contributed by atoms with Gasteiger partial charge in [0.15, 0.2) is 11.5 Å². The number of methoxy groups -OCH3 is 1. The lowest BCUT2D eigenvalue weighted by Crippen LogP contribution is -2.21. The fourth-order valence-corrected chi connectivity index (χ4v) is 2.20. The van der Waals surface area contributed by atoms with Crippen LogP contribution >= 0.6 is 0 Å². The number of amides is 1. The Labute approximate surface area is 129 Å². The molecule has 0 bridgehead atoms. The quantitative estimate of drug-likeness (QED) is 0.820. The van der Waals surface area contributed by atoms with Gasteiger partial charge in [0.2, 0.25) is 5.91 Å². The maximum Gasteiger partial charge on any atom is 0.219 e. The summed E-state index contributed by atoms with van der Waals surface area (Å²) in [4.78, 5) is 11.1. The maximum absolute atomic E-state index is 11.1. The summed E-state index contributed by atoms with van der Waals surface area (Å²) in [5, 5.41) is 0. The third-order valence-electron chi connectivity index (χ3n) is 3.28. The molecule has 22 heavy (non-hydrogen) atoms. The van der Waals surface area contributed by atoms with Gasteiger partial charge in [0.05, 0.1) is 7.11 Å².